The first kappa shape index (κ1) is 21.1. The molecule has 0 aliphatic carbocycles. The van der Waals surface area contributed by atoms with E-state index in [1.54, 1.807) is 0 Å². The molecule has 3 rings (SSSR count). The molecule has 9 nitrogen and oxygen atoms in total. The number of hydrogen-bond acceptors (Lipinski definition) is 7. The van der Waals surface area contributed by atoms with Crippen molar-refractivity contribution in [2.24, 2.45) is 0 Å². The van der Waals surface area contributed by atoms with Crippen molar-refractivity contribution in [3.05, 3.63) is 35.9 Å². The topological polar surface area (TPSA) is 101 Å². The minimum absolute atomic E-state index is 0.0789. The number of aromatic nitrogens is 3. The summed E-state index contributed by atoms with van der Waals surface area (Å²) in [6.45, 7) is 5.86. The molecule has 0 radical (unpaired) electrons. The standard InChI is InChI=1S/C19H26N6O3S/c1-2-8-20-17(27)21-16(26)14-29-19-23-22-18(24-9-11-28-12-10-24)25(19)13-15-6-4-3-5-7-15/h3-7H,2,8-14H2,1H3,(H2,20,21,26,27). The van der Waals surface area contributed by atoms with Crippen LogP contribution in [0.3, 0.4) is 0 Å². The summed E-state index contributed by atoms with van der Waals surface area (Å²) in [5.41, 5.74) is 1.12. The van der Waals surface area contributed by atoms with Crippen LogP contribution in [0.4, 0.5) is 10.7 Å². The van der Waals surface area contributed by atoms with Gasteiger partial charge < -0.3 is 15.0 Å². The zero-order chi connectivity index (χ0) is 20.5. The fourth-order valence-corrected chi connectivity index (χ4v) is 3.60. The van der Waals surface area contributed by atoms with Crippen molar-refractivity contribution in [1.82, 2.24) is 25.4 Å². The van der Waals surface area contributed by atoms with Gasteiger partial charge in [0.2, 0.25) is 11.9 Å². The number of benzene rings is 1. The summed E-state index contributed by atoms with van der Waals surface area (Å²) in [6.07, 6.45) is 0.809. The van der Waals surface area contributed by atoms with Crippen molar-refractivity contribution in [3.8, 4) is 0 Å². The lowest BCUT2D eigenvalue weighted by Crippen LogP contribution is -2.40. The number of urea groups is 1. The number of thioether (sulfide) groups is 1. The van der Waals surface area contributed by atoms with E-state index in [1.165, 1.54) is 11.8 Å². The third kappa shape index (κ3) is 6.20. The van der Waals surface area contributed by atoms with Gasteiger partial charge in [0.15, 0.2) is 5.16 Å². The van der Waals surface area contributed by atoms with E-state index < -0.39 is 6.03 Å². The largest absolute Gasteiger partial charge is 0.378 e. The molecule has 0 unspecified atom stereocenters. The summed E-state index contributed by atoms with van der Waals surface area (Å²) in [4.78, 5) is 25.9. The second kappa shape index (κ2) is 10.8. The van der Waals surface area contributed by atoms with Crippen LogP contribution in [-0.2, 0) is 16.1 Å². The van der Waals surface area contributed by atoms with Gasteiger partial charge in [-0.15, -0.1) is 10.2 Å². The molecule has 1 aromatic carbocycles. The number of nitrogens with one attached hydrogen (secondary N) is 2. The Morgan fingerprint density at radius 2 is 1.93 bits per heavy atom. The molecule has 0 bridgehead atoms. The van der Waals surface area contributed by atoms with Gasteiger partial charge in [0.25, 0.3) is 0 Å². The molecule has 0 saturated carbocycles. The van der Waals surface area contributed by atoms with Gasteiger partial charge in [-0.3, -0.25) is 14.7 Å². The van der Waals surface area contributed by atoms with Crippen LogP contribution in [0, 0.1) is 0 Å². The highest BCUT2D eigenvalue weighted by molar-refractivity contribution is 7.99. The molecule has 10 heteroatoms. The summed E-state index contributed by atoms with van der Waals surface area (Å²) >= 11 is 1.26. The number of anilines is 1. The molecule has 156 valence electrons. The molecule has 3 amide bonds. The molecule has 1 aliphatic heterocycles. The first-order valence-corrected chi connectivity index (χ1v) is 10.7. The SMILES string of the molecule is CCCNC(=O)NC(=O)CSc1nnc(N2CCOCC2)n1Cc1ccccc1. The number of ether oxygens (including phenoxy) is 1. The predicted molar refractivity (Wildman–Crippen MR) is 111 cm³/mol. The second-order valence-electron chi connectivity index (χ2n) is 6.55. The van der Waals surface area contributed by atoms with Crippen LogP contribution in [0.1, 0.15) is 18.9 Å². The third-order valence-electron chi connectivity index (χ3n) is 4.30. The van der Waals surface area contributed by atoms with E-state index in [-0.39, 0.29) is 11.7 Å². The maximum atomic E-state index is 12.1. The number of amides is 3. The van der Waals surface area contributed by atoms with Crippen LogP contribution in [0.15, 0.2) is 35.5 Å². The zero-order valence-electron chi connectivity index (χ0n) is 16.5. The van der Waals surface area contributed by atoms with E-state index in [4.69, 9.17) is 4.74 Å². The molecule has 1 saturated heterocycles. The molecule has 2 aromatic rings. The number of morpholine rings is 1. The van der Waals surface area contributed by atoms with Gasteiger partial charge in [0.05, 0.1) is 25.5 Å². The van der Waals surface area contributed by atoms with Crippen LogP contribution in [0.2, 0.25) is 0 Å². The Morgan fingerprint density at radius 1 is 1.17 bits per heavy atom. The van der Waals surface area contributed by atoms with Gasteiger partial charge in [0, 0.05) is 19.6 Å². The molecule has 1 aromatic heterocycles. The van der Waals surface area contributed by atoms with Gasteiger partial charge in [-0.25, -0.2) is 4.79 Å². The van der Waals surface area contributed by atoms with Gasteiger partial charge >= 0.3 is 6.03 Å². The van der Waals surface area contributed by atoms with E-state index in [2.05, 4.69) is 25.7 Å². The average Bonchev–Trinajstić information content (AvgIpc) is 3.14. The molecule has 2 N–H and O–H groups in total. The van der Waals surface area contributed by atoms with Gasteiger partial charge in [-0.05, 0) is 12.0 Å². The van der Waals surface area contributed by atoms with Crippen LogP contribution in [-0.4, -0.2) is 65.3 Å². The Bertz CT molecular complexity index is 808. The monoisotopic (exact) mass is 418 g/mol. The smallest absolute Gasteiger partial charge is 0.321 e. The lowest BCUT2D eigenvalue weighted by Gasteiger charge is -2.28. The number of carbonyl (C=O) groups is 2. The highest BCUT2D eigenvalue weighted by Gasteiger charge is 2.21. The van der Waals surface area contributed by atoms with Crippen LogP contribution < -0.4 is 15.5 Å². The number of nitrogens with zero attached hydrogens (tertiary/aromatic N) is 4. The molecule has 0 spiro atoms. The summed E-state index contributed by atoms with van der Waals surface area (Å²) in [5.74, 6) is 0.474. The summed E-state index contributed by atoms with van der Waals surface area (Å²) in [7, 11) is 0. The lowest BCUT2D eigenvalue weighted by molar-refractivity contribution is -0.117. The summed E-state index contributed by atoms with van der Waals surface area (Å²) in [6, 6.07) is 9.57. The maximum Gasteiger partial charge on any atom is 0.321 e. The first-order chi connectivity index (χ1) is 14.2. The van der Waals surface area contributed by atoms with E-state index in [1.807, 2.05) is 41.8 Å². The molecule has 1 aliphatic rings. The van der Waals surface area contributed by atoms with Crippen LogP contribution >= 0.6 is 11.8 Å². The van der Waals surface area contributed by atoms with Crippen LogP contribution in [0.5, 0.6) is 0 Å². The Kier molecular flexibility index (Phi) is 7.88. The normalized spacial score (nSPS) is 13.9. The van der Waals surface area contributed by atoms with Gasteiger partial charge in [-0.1, -0.05) is 49.0 Å². The lowest BCUT2D eigenvalue weighted by atomic mass is 10.2. The number of carbonyl (C=O) groups excluding carboxylic acids is 2. The fraction of sp³-hybridized carbons (Fsp3) is 0.474. The Balaban J connectivity index is 1.69. The third-order valence-corrected chi connectivity index (χ3v) is 5.26. The van der Waals surface area contributed by atoms with E-state index in [0.29, 0.717) is 31.5 Å². The van der Waals surface area contributed by atoms with E-state index in [9.17, 15) is 9.59 Å². The van der Waals surface area contributed by atoms with Crippen LogP contribution in [0.25, 0.3) is 0 Å². The van der Waals surface area contributed by atoms with Crippen molar-refractivity contribution in [3.63, 3.8) is 0 Å². The molecule has 29 heavy (non-hydrogen) atoms. The van der Waals surface area contributed by atoms with E-state index >= 15 is 0 Å². The number of hydrogen-bond donors (Lipinski definition) is 2. The number of imide groups is 1. The van der Waals surface area contributed by atoms with Gasteiger partial charge in [-0.2, -0.15) is 0 Å². The average molecular weight is 419 g/mol. The van der Waals surface area contributed by atoms with Crippen molar-refractivity contribution in [2.45, 2.75) is 25.0 Å². The first-order valence-electron chi connectivity index (χ1n) is 9.67. The van der Waals surface area contributed by atoms with Crippen molar-refractivity contribution in [1.29, 1.82) is 0 Å². The molecule has 0 atom stereocenters. The van der Waals surface area contributed by atoms with Gasteiger partial charge in [0.1, 0.15) is 0 Å². The van der Waals surface area contributed by atoms with E-state index in [0.717, 1.165) is 31.0 Å². The highest BCUT2D eigenvalue weighted by Crippen LogP contribution is 2.24. The quantitative estimate of drug-likeness (QED) is 0.626. The highest BCUT2D eigenvalue weighted by atomic mass is 32.2. The molecular weight excluding hydrogens is 392 g/mol. The fourth-order valence-electron chi connectivity index (χ4n) is 2.86. The Hall–Kier alpha value is -2.59. The predicted octanol–water partition coefficient (Wildman–Crippen LogP) is 1.49. The molecule has 2 heterocycles. The Labute approximate surface area is 174 Å². The minimum atomic E-state index is -0.475. The summed E-state index contributed by atoms with van der Waals surface area (Å²) in [5, 5.41) is 14.3. The maximum absolute atomic E-state index is 12.1. The Morgan fingerprint density at radius 3 is 2.66 bits per heavy atom. The van der Waals surface area contributed by atoms with Crippen molar-refractivity contribution >= 4 is 29.6 Å². The summed E-state index contributed by atoms with van der Waals surface area (Å²) < 4.78 is 7.44. The molecular formula is C19H26N6O3S. The minimum Gasteiger partial charge on any atom is -0.378 e. The second-order valence-corrected chi connectivity index (χ2v) is 7.49. The van der Waals surface area contributed by atoms with Crippen molar-refractivity contribution in [2.75, 3.05) is 43.5 Å². The van der Waals surface area contributed by atoms with Crippen molar-refractivity contribution < 1.29 is 14.3 Å². The number of rotatable bonds is 8. The molecule has 1 fully saturated rings. The zero-order valence-corrected chi connectivity index (χ0v) is 17.3.